The summed E-state index contributed by atoms with van der Waals surface area (Å²) in [5, 5.41) is 5.09. The number of carbonyl (C=O) groups is 3. The van der Waals surface area contributed by atoms with E-state index in [-0.39, 0.29) is 18.4 Å². The van der Waals surface area contributed by atoms with Crippen LogP contribution in [0, 0.1) is 12.7 Å². The number of benzene rings is 2. The summed E-state index contributed by atoms with van der Waals surface area (Å²) in [6.07, 6.45) is 0.175. The van der Waals surface area contributed by atoms with E-state index >= 15 is 0 Å². The van der Waals surface area contributed by atoms with Gasteiger partial charge in [-0.25, -0.2) is 4.39 Å². The van der Waals surface area contributed by atoms with Crippen molar-refractivity contribution in [3.8, 4) is 0 Å². The summed E-state index contributed by atoms with van der Waals surface area (Å²) < 4.78 is 14.0. The average molecular weight is 385 g/mol. The monoisotopic (exact) mass is 385 g/mol. The number of hydrogen-bond donors (Lipinski definition) is 3. The molecule has 0 aliphatic heterocycles. The molecule has 0 fully saturated rings. The lowest BCUT2D eigenvalue weighted by molar-refractivity contribution is -0.130. The summed E-state index contributed by atoms with van der Waals surface area (Å²) in [4.78, 5) is 36.1. The van der Waals surface area contributed by atoms with Crippen molar-refractivity contribution in [3.05, 3.63) is 71.0 Å². The Balaban J connectivity index is 2.17. The predicted octanol–water partition coefficient (Wildman–Crippen LogP) is 1.39. The summed E-state index contributed by atoms with van der Waals surface area (Å²) in [6, 6.07) is 11.5. The molecule has 3 amide bonds. The van der Waals surface area contributed by atoms with Crippen molar-refractivity contribution >= 4 is 17.7 Å². The number of aryl methyl sites for hydroxylation is 1. The van der Waals surface area contributed by atoms with Gasteiger partial charge in [0.1, 0.15) is 17.9 Å². The third-order valence-corrected chi connectivity index (χ3v) is 4.42. The third-order valence-electron chi connectivity index (χ3n) is 4.42. The predicted molar refractivity (Wildman–Crippen MR) is 104 cm³/mol. The lowest BCUT2D eigenvalue weighted by Crippen LogP contribution is -2.54. The molecule has 28 heavy (non-hydrogen) atoms. The quantitative estimate of drug-likeness (QED) is 0.640. The van der Waals surface area contributed by atoms with Crippen molar-refractivity contribution < 1.29 is 18.8 Å². The van der Waals surface area contributed by atoms with Crippen LogP contribution in [0.2, 0.25) is 0 Å². The number of hydrogen-bond acceptors (Lipinski definition) is 3. The number of rotatable bonds is 8. The molecule has 0 radical (unpaired) electrons. The van der Waals surface area contributed by atoms with E-state index in [1.165, 1.54) is 25.1 Å². The lowest BCUT2D eigenvalue weighted by Gasteiger charge is -2.22. The molecule has 0 saturated heterocycles. The molecule has 148 valence electrons. The van der Waals surface area contributed by atoms with Gasteiger partial charge in [0, 0.05) is 19.8 Å². The number of primary amides is 1. The zero-order valence-corrected chi connectivity index (χ0v) is 15.9. The van der Waals surface area contributed by atoms with Crippen molar-refractivity contribution in [1.29, 1.82) is 0 Å². The molecule has 4 N–H and O–H groups in total. The number of nitrogens with one attached hydrogen (secondary N) is 2. The molecule has 6 nitrogen and oxygen atoms in total. The highest BCUT2D eigenvalue weighted by Gasteiger charge is 2.26. The van der Waals surface area contributed by atoms with Gasteiger partial charge in [-0.15, -0.1) is 0 Å². The van der Waals surface area contributed by atoms with Crippen molar-refractivity contribution in [2.75, 3.05) is 0 Å². The molecule has 0 heterocycles. The Morgan fingerprint density at radius 2 is 1.50 bits per heavy atom. The highest BCUT2D eigenvalue weighted by molar-refractivity contribution is 5.91. The number of halogens is 1. The Morgan fingerprint density at radius 3 is 2.07 bits per heavy atom. The smallest absolute Gasteiger partial charge is 0.243 e. The summed E-state index contributed by atoms with van der Waals surface area (Å²) in [5.41, 5.74) is 7.58. The first-order valence-electron chi connectivity index (χ1n) is 8.92. The van der Waals surface area contributed by atoms with Crippen LogP contribution in [-0.2, 0) is 27.2 Å². The van der Waals surface area contributed by atoms with Gasteiger partial charge in [0.2, 0.25) is 17.7 Å². The van der Waals surface area contributed by atoms with E-state index in [0.717, 1.165) is 11.1 Å². The Kier molecular flexibility index (Phi) is 7.26. The van der Waals surface area contributed by atoms with Crippen molar-refractivity contribution in [1.82, 2.24) is 10.6 Å². The second-order valence-electron chi connectivity index (χ2n) is 6.64. The lowest BCUT2D eigenvalue weighted by atomic mass is 9.99. The van der Waals surface area contributed by atoms with E-state index in [0.29, 0.717) is 0 Å². The molecular weight excluding hydrogens is 361 g/mol. The summed E-state index contributed by atoms with van der Waals surface area (Å²) in [5.74, 6) is -2.21. The second kappa shape index (κ2) is 9.64. The van der Waals surface area contributed by atoms with Gasteiger partial charge in [0.15, 0.2) is 0 Å². The summed E-state index contributed by atoms with van der Waals surface area (Å²) >= 11 is 0. The Bertz CT molecular complexity index is 869. The van der Waals surface area contributed by atoms with Crippen LogP contribution in [-0.4, -0.2) is 29.8 Å². The fourth-order valence-electron chi connectivity index (χ4n) is 2.89. The third kappa shape index (κ3) is 5.90. The van der Waals surface area contributed by atoms with Gasteiger partial charge in [-0.05, 0) is 29.7 Å². The highest BCUT2D eigenvalue weighted by Crippen LogP contribution is 2.12. The molecule has 2 rings (SSSR count). The number of nitrogens with two attached hydrogens (primary N) is 1. The van der Waals surface area contributed by atoms with E-state index in [4.69, 9.17) is 5.73 Å². The SMILES string of the molecule is CC(=O)N[C@H](Cc1ccccc1F)C(=O)N[C@@H](Cc1ccccc1C)C(N)=O. The Hall–Kier alpha value is -3.22. The normalized spacial score (nSPS) is 12.7. The fourth-order valence-corrected chi connectivity index (χ4v) is 2.89. The van der Waals surface area contributed by atoms with Crippen LogP contribution < -0.4 is 16.4 Å². The molecular formula is C21H24FN3O3. The minimum absolute atomic E-state index is 0.0477. The van der Waals surface area contributed by atoms with Gasteiger partial charge in [-0.3, -0.25) is 14.4 Å². The van der Waals surface area contributed by atoms with Crippen LogP contribution in [0.4, 0.5) is 4.39 Å². The molecule has 0 aromatic heterocycles. The van der Waals surface area contributed by atoms with Crippen LogP contribution in [0.5, 0.6) is 0 Å². The van der Waals surface area contributed by atoms with Gasteiger partial charge in [0.25, 0.3) is 0 Å². The average Bonchev–Trinajstić information content (AvgIpc) is 2.63. The fraction of sp³-hybridized carbons (Fsp3) is 0.286. The van der Waals surface area contributed by atoms with E-state index in [1.54, 1.807) is 6.07 Å². The van der Waals surface area contributed by atoms with Crippen LogP contribution in [0.15, 0.2) is 48.5 Å². The van der Waals surface area contributed by atoms with Crippen LogP contribution >= 0.6 is 0 Å². The maximum Gasteiger partial charge on any atom is 0.243 e. The second-order valence-corrected chi connectivity index (χ2v) is 6.64. The first-order valence-corrected chi connectivity index (χ1v) is 8.92. The van der Waals surface area contributed by atoms with E-state index in [9.17, 15) is 18.8 Å². The Morgan fingerprint density at radius 1 is 0.929 bits per heavy atom. The molecule has 0 unspecified atom stereocenters. The van der Waals surface area contributed by atoms with Crippen LogP contribution in [0.3, 0.4) is 0 Å². The number of carbonyl (C=O) groups excluding carboxylic acids is 3. The molecule has 2 aromatic rings. The van der Waals surface area contributed by atoms with Gasteiger partial charge in [-0.2, -0.15) is 0 Å². The van der Waals surface area contributed by atoms with Crippen LogP contribution in [0.25, 0.3) is 0 Å². The van der Waals surface area contributed by atoms with Gasteiger partial charge in [-0.1, -0.05) is 42.5 Å². The zero-order chi connectivity index (χ0) is 20.7. The summed E-state index contributed by atoms with van der Waals surface area (Å²) in [7, 11) is 0. The van der Waals surface area contributed by atoms with Gasteiger partial charge < -0.3 is 16.4 Å². The number of amides is 3. The van der Waals surface area contributed by atoms with E-state index < -0.39 is 35.6 Å². The standard InChI is InChI=1S/C21H24FN3O3/c1-13-7-3-4-8-15(13)11-18(20(23)27)25-21(28)19(24-14(2)26)12-16-9-5-6-10-17(16)22/h3-10,18-19H,11-12H2,1-2H3,(H2,23,27)(H,24,26)(H,25,28)/t18-,19+/m0/s1. The maximum atomic E-state index is 14.0. The first-order chi connectivity index (χ1) is 13.3. The molecule has 0 spiro atoms. The minimum Gasteiger partial charge on any atom is -0.368 e. The van der Waals surface area contributed by atoms with Crippen molar-refractivity contribution in [3.63, 3.8) is 0 Å². The van der Waals surface area contributed by atoms with E-state index in [1.807, 2.05) is 31.2 Å². The van der Waals surface area contributed by atoms with Gasteiger partial charge >= 0.3 is 0 Å². The first kappa shape index (κ1) is 21.1. The molecule has 0 aliphatic carbocycles. The topological polar surface area (TPSA) is 101 Å². The highest BCUT2D eigenvalue weighted by atomic mass is 19.1. The molecule has 0 saturated carbocycles. The maximum absolute atomic E-state index is 14.0. The van der Waals surface area contributed by atoms with Crippen molar-refractivity contribution in [2.45, 2.75) is 38.8 Å². The van der Waals surface area contributed by atoms with Crippen LogP contribution in [0.1, 0.15) is 23.6 Å². The minimum atomic E-state index is -1.03. The van der Waals surface area contributed by atoms with Gasteiger partial charge in [0.05, 0.1) is 0 Å². The molecule has 7 heteroatoms. The molecule has 0 bridgehead atoms. The molecule has 0 aliphatic rings. The summed E-state index contributed by atoms with van der Waals surface area (Å²) in [6.45, 7) is 3.16. The van der Waals surface area contributed by atoms with Crippen molar-refractivity contribution in [2.24, 2.45) is 5.73 Å². The largest absolute Gasteiger partial charge is 0.368 e. The Labute approximate surface area is 163 Å². The van der Waals surface area contributed by atoms with E-state index in [2.05, 4.69) is 10.6 Å². The molecule has 2 atom stereocenters. The zero-order valence-electron chi connectivity index (χ0n) is 15.9. The molecule has 2 aromatic carbocycles.